The minimum absolute atomic E-state index is 0.0103. The first-order valence-electron chi connectivity index (χ1n) is 16.4. The van der Waals surface area contributed by atoms with Gasteiger partial charge in [-0.1, -0.05) is 61.0 Å². The largest absolute Gasteiger partial charge is 0.460 e. The number of nitrogens with one attached hydrogen (secondary N) is 1. The van der Waals surface area contributed by atoms with E-state index in [1.165, 1.54) is 24.8 Å². The van der Waals surface area contributed by atoms with Crippen molar-refractivity contribution in [1.82, 2.24) is 5.32 Å². The van der Waals surface area contributed by atoms with Crippen molar-refractivity contribution in [3.8, 4) is 0 Å². The zero-order chi connectivity index (χ0) is 29.5. The normalized spacial score (nSPS) is 49.9. The number of allylic oxidation sites excluding steroid dienone is 2. The fraction of sp³-hybridized carbons (Fsp3) is 0.857. The van der Waals surface area contributed by atoms with Crippen molar-refractivity contribution in [1.29, 1.82) is 0 Å². The highest BCUT2D eigenvalue weighted by Gasteiger charge is 2.71. The van der Waals surface area contributed by atoms with Crippen LogP contribution in [0.4, 0.5) is 0 Å². The predicted octanol–water partition coefficient (Wildman–Crippen LogP) is 7.42. The van der Waals surface area contributed by atoms with Gasteiger partial charge in [-0.05, 0) is 110 Å². The van der Waals surface area contributed by atoms with Gasteiger partial charge in [-0.3, -0.25) is 14.4 Å². The average Bonchev–Trinajstić information content (AvgIpc) is 2.89. The van der Waals surface area contributed by atoms with E-state index in [0.717, 1.165) is 25.7 Å². The SMILES string of the molecule is CCC(=O)N[C@]1(C)[C@@H]2CC[C@]3(C)[C@H](C(=O)C=C4[C@@H]5[C@@H](C)[C@H](C)CC[C@]5(C)CC[C@]43C)[C@@]2(C)CC[C@H]1OC(=O)CC. The summed E-state index contributed by atoms with van der Waals surface area (Å²) in [5, 5.41) is 3.35. The van der Waals surface area contributed by atoms with Crippen LogP contribution in [0.1, 0.15) is 127 Å². The topological polar surface area (TPSA) is 72.5 Å². The Morgan fingerprint density at radius 1 is 0.925 bits per heavy atom. The van der Waals surface area contributed by atoms with Gasteiger partial charge in [0, 0.05) is 18.8 Å². The van der Waals surface area contributed by atoms with Crippen LogP contribution in [0, 0.1) is 51.2 Å². The molecule has 0 aromatic rings. The van der Waals surface area contributed by atoms with Gasteiger partial charge >= 0.3 is 5.97 Å². The summed E-state index contributed by atoms with van der Waals surface area (Å²) in [6.07, 6.45) is 10.8. The third kappa shape index (κ3) is 3.94. The Morgan fingerprint density at radius 2 is 1.62 bits per heavy atom. The number of hydrogen-bond donors (Lipinski definition) is 1. The van der Waals surface area contributed by atoms with Crippen LogP contribution in [0.15, 0.2) is 11.6 Å². The van der Waals surface area contributed by atoms with E-state index < -0.39 is 5.54 Å². The maximum Gasteiger partial charge on any atom is 0.305 e. The Bertz CT molecular complexity index is 1110. The molecule has 0 spiro atoms. The van der Waals surface area contributed by atoms with Crippen LogP contribution in [-0.4, -0.2) is 29.3 Å². The number of carbonyl (C=O) groups is 3. The molecule has 0 bridgehead atoms. The summed E-state index contributed by atoms with van der Waals surface area (Å²) in [6.45, 7) is 20.4. The molecule has 0 unspecified atom stereocenters. The van der Waals surface area contributed by atoms with Gasteiger partial charge in [-0.2, -0.15) is 0 Å². The molecule has 40 heavy (non-hydrogen) atoms. The first-order valence-corrected chi connectivity index (χ1v) is 16.4. The summed E-state index contributed by atoms with van der Waals surface area (Å²) in [4.78, 5) is 40.0. The van der Waals surface area contributed by atoms with E-state index in [4.69, 9.17) is 4.74 Å². The summed E-state index contributed by atoms with van der Waals surface area (Å²) in [7, 11) is 0. The Kier molecular flexibility index (Phi) is 7.23. The van der Waals surface area contributed by atoms with E-state index >= 15 is 0 Å². The molecule has 0 heterocycles. The number of rotatable bonds is 4. The zero-order valence-electron chi connectivity index (χ0n) is 26.7. The molecule has 1 amide bonds. The van der Waals surface area contributed by atoms with Crippen molar-refractivity contribution >= 4 is 17.7 Å². The van der Waals surface area contributed by atoms with Gasteiger partial charge in [0.05, 0.1) is 5.54 Å². The van der Waals surface area contributed by atoms with Crippen molar-refractivity contribution in [3.63, 3.8) is 0 Å². The van der Waals surface area contributed by atoms with Crippen molar-refractivity contribution in [3.05, 3.63) is 11.6 Å². The van der Waals surface area contributed by atoms with Crippen LogP contribution >= 0.6 is 0 Å². The molecule has 4 saturated carbocycles. The van der Waals surface area contributed by atoms with Gasteiger partial charge in [-0.15, -0.1) is 0 Å². The Hall–Kier alpha value is -1.65. The van der Waals surface area contributed by atoms with Gasteiger partial charge in [0.25, 0.3) is 0 Å². The fourth-order valence-electron chi connectivity index (χ4n) is 11.3. The van der Waals surface area contributed by atoms with E-state index in [9.17, 15) is 14.4 Å². The molecule has 0 aliphatic heterocycles. The molecule has 224 valence electrons. The molecule has 0 aromatic heterocycles. The number of hydrogen-bond acceptors (Lipinski definition) is 4. The third-order valence-electron chi connectivity index (χ3n) is 14.0. The van der Waals surface area contributed by atoms with Crippen LogP contribution in [0.5, 0.6) is 0 Å². The molecule has 5 aliphatic carbocycles. The van der Waals surface area contributed by atoms with E-state index in [1.807, 2.05) is 13.8 Å². The highest BCUT2D eigenvalue weighted by Crippen LogP contribution is 2.74. The summed E-state index contributed by atoms with van der Waals surface area (Å²) in [6, 6.07) is 0. The number of esters is 1. The standard InChI is InChI=1S/C35H55NO4/c1-10-27(38)36-35(9)25-13-17-34(8)30(32(25,6)16-14-26(35)40-28(39)11-2)24(37)20-23-29-22(4)21(3)12-15-31(29,5)18-19-33(23,34)7/h20-22,25-26,29-30H,10-19H2,1-9H3,(H,36,38)/t21-,22+,25-,26-,29+,30-,31-,32+,33-,34-,35-/m1/s1. The maximum atomic E-state index is 14.6. The molecule has 0 saturated heterocycles. The average molecular weight is 554 g/mol. The van der Waals surface area contributed by atoms with Gasteiger partial charge in [0.2, 0.25) is 5.91 Å². The number of amides is 1. The predicted molar refractivity (Wildman–Crippen MR) is 158 cm³/mol. The molecule has 11 atom stereocenters. The molecular formula is C35H55NO4. The first-order chi connectivity index (χ1) is 18.6. The van der Waals surface area contributed by atoms with E-state index in [1.54, 1.807) is 0 Å². The molecule has 5 heteroatoms. The monoisotopic (exact) mass is 553 g/mol. The van der Waals surface area contributed by atoms with Crippen LogP contribution in [0.25, 0.3) is 0 Å². The van der Waals surface area contributed by atoms with Gasteiger partial charge < -0.3 is 10.1 Å². The number of carbonyl (C=O) groups excluding carboxylic acids is 3. The quantitative estimate of drug-likeness (QED) is 0.368. The molecular weight excluding hydrogens is 498 g/mol. The van der Waals surface area contributed by atoms with Crippen molar-refractivity contribution in [2.75, 3.05) is 0 Å². The summed E-state index contributed by atoms with van der Waals surface area (Å²) < 4.78 is 6.03. The smallest absolute Gasteiger partial charge is 0.305 e. The van der Waals surface area contributed by atoms with Crippen LogP contribution < -0.4 is 5.32 Å². The fourth-order valence-corrected chi connectivity index (χ4v) is 11.3. The van der Waals surface area contributed by atoms with Gasteiger partial charge in [-0.25, -0.2) is 0 Å². The van der Waals surface area contributed by atoms with Crippen LogP contribution in [-0.2, 0) is 19.1 Å². The van der Waals surface area contributed by atoms with E-state index in [2.05, 4.69) is 59.9 Å². The lowest BCUT2D eigenvalue weighted by molar-refractivity contribution is -0.202. The van der Waals surface area contributed by atoms with Crippen LogP contribution in [0.3, 0.4) is 0 Å². The zero-order valence-corrected chi connectivity index (χ0v) is 26.7. The van der Waals surface area contributed by atoms with Gasteiger partial charge in [0.1, 0.15) is 6.10 Å². The lowest BCUT2D eigenvalue weighted by Gasteiger charge is -2.71. The Morgan fingerprint density at radius 3 is 2.27 bits per heavy atom. The first kappa shape index (κ1) is 29.8. The molecule has 5 nitrogen and oxygen atoms in total. The summed E-state index contributed by atoms with van der Waals surface area (Å²) in [5.74, 6) is 1.76. The number of ether oxygens (including phenoxy) is 1. The summed E-state index contributed by atoms with van der Waals surface area (Å²) >= 11 is 0. The second kappa shape index (κ2) is 9.69. The lowest BCUT2D eigenvalue weighted by Crippen LogP contribution is -2.72. The van der Waals surface area contributed by atoms with Crippen molar-refractivity contribution < 1.29 is 19.1 Å². The molecule has 4 fully saturated rings. The van der Waals surface area contributed by atoms with E-state index in [0.29, 0.717) is 42.8 Å². The minimum atomic E-state index is -0.699. The lowest BCUT2D eigenvalue weighted by atomic mass is 9.33. The molecule has 0 radical (unpaired) electrons. The molecule has 5 aliphatic rings. The molecule has 5 rings (SSSR count). The Labute approximate surface area is 243 Å². The number of ketones is 1. The molecule has 1 N–H and O–H groups in total. The van der Waals surface area contributed by atoms with Crippen LogP contribution in [0.2, 0.25) is 0 Å². The second-order valence-electron chi connectivity index (χ2n) is 15.8. The third-order valence-corrected chi connectivity index (χ3v) is 14.0. The second-order valence-corrected chi connectivity index (χ2v) is 15.8. The summed E-state index contributed by atoms with van der Waals surface area (Å²) in [5.41, 5.74) is 0.612. The van der Waals surface area contributed by atoms with Crippen molar-refractivity contribution in [2.24, 2.45) is 51.2 Å². The number of fused-ring (bicyclic) bond motifs is 7. The highest BCUT2D eigenvalue weighted by atomic mass is 16.5. The van der Waals surface area contributed by atoms with E-state index in [-0.39, 0.29) is 51.5 Å². The molecule has 0 aromatic carbocycles. The minimum Gasteiger partial charge on any atom is -0.460 e. The highest BCUT2D eigenvalue weighted by molar-refractivity contribution is 5.95. The Balaban J connectivity index is 1.59. The van der Waals surface area contributed by atoms with Gasteiger partial charge in [0.15, 0.2) is 5.78 Å². The maximum absolute atomic E-state index is 14.6. The van der Waals surface area contributed by atoms with Crippen molar-refractivity contribution in [2.45, 2.75) is 138 Å².